The monoisotopic (exact) mass is 274 g/mol. The molecule has 78 valence electrons. The van der Waals surface area contributed by atoms with Gasteiger partial charge in [0.2, 0.25) is 0 Å². The predicted octanol–water partition coefficient (Wildman–Crippen LogP) is 3.99. The van der Waals surface area contributed by atoms with Crippen molar-refractivity contribution in [3.63, 3.8) is 0 Å². The van der Waals surface area contributed by atoms with E-state index in [0.717, 1.165) is 11.1 Å². The molecule has 0 aliphatic heterocycles. The summed E-state index contributed by atoms with van der Waals surface area (Å²) in [5.74, 6) is 5.75. The predicted molar refractivity (Wildman–Crippen MR) is 66.5 cm³/mol. The summed E-state index contributed by atoms with van der Waals surface area (Å²) in [7, 11) is 0. The first-order chi connectivity index (χ1) is 7.75. The Balaban J connectivity index is 2.31. The molecule has 0 bridgehead atoms. The summed E-state index contributed by atoms with van der Waals surface area (Å²) in [5.41, 5.74) is 1.73. The zero-order valence-electron chi connectivity index (χ0n) is 8.37. The van der Waals surface area contributed by atoms with Crippen molar-refractivity contribution in [1.29, 1.82) is 0 Å². The maximum Gasteiger partial charge on any atom is 0.124 e. The minimum absolute atomic E-state index is 0.267. The highest BCUT2D eigenvalue weighted by molar-refractivity contribution is 9.10. The number of rotatable bonds is 0. The second-order valence-electron chi connectivity index (χ2n) is 3.24. The van der Waals surface area contributed by atoms with Gasteiger partial charge in [0.05, 0.1) is 0 Å². The van der Waals surface area contributed by atoms with Crippen LogP contribution in [-0.2, 0) is 0 Å². The van der Waals surface area contributed by atoms with E-state index < -0.39 is 0 Å². The molecule has 2 aromatic carbocycles. The molecule has 2 rings (SSSR count). The molecule has 0 heterocycles. The Morgan fingerprint density at radius 1 is 0.938 bits per heavy atom. The van der Waals surface area contributed by atoms with Crippen molar-refractivity contribution in [2.45, 2.75) is 0 Å². The number of halogens is 2. The molecule has 0 fully saturated rings. The van der Waals surface area contributed by atoms with Gasteiger partial charge in [0.1, 0.15) is 5.82 Å². The van der Waals surface area contributed by atoms with Gasteiger partial charge in [-0.2, -0.15) is 0 Å². The van der Waals surface area contributed by atoms with Crippen LogP contribution in [0.25, 0.3) is 0 Å². The van der Waals surface area contributed by atoms with Crippen LogP contribution in [0.5, 0.6) is 0 Å². The summed E-state index contributed by atoms with van der Waals surface area (Å²) in [6.45, 7) is 0. The van der Waals surface area contributed by atoms with E-state index in [9.17, 15) is 4.39 Å². The molecule has 2 aromatic rings. The summed E-state index contributed by atoms with van der Waals surface area (Å²) in [6.07, 6.45) is 0. The Kier molecular flexibility index (Phi) is 3.38. The lowest BCUT2D eigenvalue weighted by molar-refractivity contribution is 0.627. The van der Waals surface area contributed by atoms with Gasteiger partial charge in [-0.25, -0.2) is 4.39 Å². The van der Waals surface area contributed by atoms with Crippen LogP contribution >= 0.6 is 15.9 Å². The zero-order valence-corrected chi connectivity index (χ0v) is 9.96. The van der Waals surface area contributed by atoms with E-state index in [4.69, 9.17) is 0 Å². The average Bonchev–Trinajstić information content (AvgIpc) is 2.29. The van der Waals surface area contributed by atoms with Crippen molar-refractivity contribution in [3.05, 3.63) is 69.9 Å². The number of hydrogen-bond acceptors (Lipinski definition) is 0. The summed E-state index contributed by atoms with van der Waals surface area (Å²) in [6, 6.07) is 14.2. The first-order valence-electron chi connectivity index (χ1n) is 4.78. The minimum atomic E-state index is -0.267. The molecular formula is C14H8BrF. The second kappa shape index (κ2) is 4.96. The quantitative estimate of drug-likeness (QED) is 0.638. The van der Waals surface area contributed by atoms with Crippen LogP contribution in [0.1, 0.15) is 11.1 Å². The Hall–Kier alpha value is -1.59. The molecule has 0 saturated heterocycles. The van der Waals surface area contributed by atoms with E-state index in [0.29, 0.717) is 4.47 Å². The molecule has 0 aliphatic carbocycles. The van der Waals surface area contributed by atoms with E-state index in [1.54, 1.807) is 6.07 Å². The standard InChI is InChI=1S/C14H8BrF/c15-14-10-13(16)9-8-12(14)7-6-11-4-2-1-3-5-11/h1-5,8-10H. The molecule has 2 heteroatoms. The van der Waals surface area contributed by atoms with Gasteiger partial charge in [-0.1, -0.05) is 30.0 Å². The van der Waals surface area contributed by atoms with Crippen LogP contribution < -0.4 is 0 Å². The first kappa shape index (κ1) is 10.9. The number of benzene rings is 2. The molecule has 0 radical (unpaired) electrons. The third kappa shape index (κ3) is 2.71. The fourth-order valence-corrected chi connectivity index (χ4v) is 1.70. The fourth-order valence-electron chi connectivity index (χ4n) is 1.25. The smallest absolute Gasteiger partial charge is 0.124 e. The summed E-state index contributed by atoms with van der Waals surface area (Å²) < 4.78 is 13.5. The molecule has 0 N–H and O–H groups in total. The third-order valence-electron chi connectivity index (χ3n) is 2.05. The normalized spacial score (nSPS) is 9.38. The highest BCUT2D eigenvalue weighted by Gasteiger charge is 1.97. The van der Waals surface area contributed by atoms with Crippen molar-refractivity contribution in [2.24, 2.45) is 0 Å². The molecule has 0 saturated carbocycles. The zero-order chi connectivity index (χ0) is 11.4. The van der Waals surface area contributed by atoms with E-state index >= 15 is 0 Å². The molecule has 0 aromatic heterocycles. The maximum atomic E-state index is 12.8. The molecular weight excluding hydrogens is 267 g/mol. The molecule has 16 heavy (non-hydrogen) atoms. The lowest BCUT2D eigenvalue weighted by Gasteiger charge is -1.95. The Labute approximate surface area is 102 Å². The van der Waals surface area contributed by atoms with Gasteiger partial charge in [-0.15, -0.1) is 0 Å². The first-order valence-corrected chi connectivity index (χ1v) is 5.57. The van der Waals surface area contributed by atoms with Crippen LogP contribution in [0.2, 0.25) is 0 Å². The Morgan fingerprint density at radius 3 is 2.38 bits per heavy atom. The van der Waals surface area contributed by atoms with Crippen molar-refractivity contribution < 1.29 is 4.39 Å². The van der Waals surface area contributed by atoms with Crippen molar-refractivity contribution in [2.75, 3.05) is 0 Å². The topological polar surface area (TPSA) is 0 Å². The summed E-state index contributed by atoms with van der Waals surface area (Å²) in [4.78, 5) is 0. The van der Waals surface area contributed by atoms with Crippen LogP contribution in [0.15, 0.2) is 53.0 Å². The number of hydrogen-bond donors (Lipinski definition) is 0. The highest BCUT2D eigenvalue weighted by Crippen LogP contribution is 2.16. The van der Waals surface area contributed by atoms with E-state index in [2.05, 4.69) is 27.8 Å². The van der Waals surface area contributed by atoms with Gasteiger partial charge < -0.3 is 0 Å². The molecule has 0 amide bonds. The van der Waals surface area contributed by atoms with E-state index in [1.165, 1.54) is 12.1 Å². The van der Waals surface area contributed by atoms with Gasteiger partial charge in [-0.05, 0) is 46.3 Å². The van der Waals surface area contributed by atoms with Crippen LogP contribution in [-0.4, -0.2) is 0 Å². The average molecular weight is 275 g/mol. The highest BCUT2D eigenvalue weighted by atomic mass is 79.9. The van der Waals surface area contributed by atoms with Crippen molar-refractivity contribution in [3.8, 4) is 11.8 Å². The fraction of sp³-hybridized carbons (Fsp3) is 0. The van der Waals surface area contributed by atoms with Crippen LogP contribution in [0.4, 0.5) is 4.39 Å². The summed E-state index contributed by atoms with van der Waals surface area (Å²) in [5, 5.41) is 0. The molecule has 0 spiro atoms. The second-order valence-corrected chi connectivity index (χ2v) is 4.09. The van der Waals surface area contributed by atoms with E-state index in [-0.39, 0.29) is 5.82 Å². The van der Waals surface area contributed by atoms with E-state index in [1.807, 2.05) is 30.3 Å². The minimum Gasteiger partial charge on any atom is -0.207 e. The van der Waals surface area contributed by atoms with Gasteiger partial charge in [0.15, 0.2) is 0 Å². The molecule has 0 nitrogen and oxygen atoms in total. The molecule has 0 atom stereocenters. The van der Waals surface area contributed by atoms with Crippen molar-refractivity contribution >= 4 is 15.9 Å². The lowest BCUT2D eigenvalue weighted by Crippen LogP contribution is -1.80. The third-order valence-corrected chi connectivity index (χ3v) is 2.70. The Morgan fingerprint density at radius 2 is 1.69 bits per heavy atom. The van der Waals surface area contributed by atoms with Crippen molar-refractivity contribution in [1.82, 2.24) is 0 Å². The van der Waals surface area contributed by atoms with Gasteiger partial charge in [0, 0.05) is 15.6 Å². The molecule has 0 aliphatic rings. The molecule has 0 unspecified atom stereocenters. The largest absolute Gasteiger partial charge is 0.207 e. The SMILES string of the molecule is Fc1ccc(C#Cc2ccccc2)c(Br)c1. The van der Waals surface area contributed by atoms with Crippen LogP contribution in [0, 0.1) is 17.7 Å². The lowest BCUT2D eigenvalue weighted by atomic mass is 10.2. The summed E-state index contributed by atoms with van der Waals surface area (Å²) >= 11 is 3.28. The Bertz CT molecular complexity index is 550. The van der Waals surface area contributed by atoms with Gasteiger partial charge in [-0.3, -0.25) is 0 Å². The van der Waals surface area contributed by atoms with Gasteiger partial charge in [0.25, 0.3) is 0 Å². The van der Waals surface area contributed by atoms with Gasteiger partial charge >= 0.3 is 0 Å². The van der Waals surface area contributed by atoms with Crippen LogP contribution in [0.3, 0.4) is 0 Å². The maximum absolute atomic E-state index is 12.8.